The Kier molecular flexibility index (Phi) is 6.21. The average Bonchev–Trinajstić information content (AvgIpc) is 2.47. The Morgan fingerprint density at radius 2 is 2.10 bits per heavy atom. The number of nitrogens with zero attached hydrogens (tertiary/aromatic N) is 1. The number of likely N-dealkylation sites (tertiary alicyclic amines) is 1. The Balaban J connectivity index is 1.68. The first-order valence-corrected chi connectivity index (χ1v) is 7.99. The van der Waals surface area contributed by atoms with Gasteiger partial charge in [0.25, 0.3) is 0 Å². The lowest BCUT2D eigenvalue weighted by atomic mass is 10.0. The molecule has 0 atom stereocenters. The van der Waals surface area contributed by atoms with Crippen molar-refractivity contribution in [3.63, 3.8) is 0 Å². The van der Waals surface area contributed by atoms with Gasteiger partial charge in [-0.3, -0.25) is 4.79 Å². The number of aryl methyl sites for hydroxylation is 1. The van der Waals surface area contributed by atoms with Crippen molar-refractivity contribution in [3.05, 3.63) is 29.8 Å². The molecule has 0 saturated carbocycles. The van der Waals surface area contributed by atoms with Gasteiger partial charge >= 0.3 is 0 Å². The molecule has 1 fully saturated rings. The molecule has 1 amide bonds. The summed E-state index contributed by atoms with van der Waals surface area (Å²) >= 11 is 0. The number of nitrogens with one attached hydrogen (secondary N) is 2. The third-order valence-corrected chi connectivity index (χ3v) is 3.98. The lowest BCUT2D eigenvalue weighted by Gasteiger charge is -2.32. The van der Waals surface area contributed by atoms with Crippen molar-refractivity contribution < 1.29 is 4.79 Å². The molecule has 0 aromatic heterocycles. The molecule has 1 aromatic carbocycles. The monoisotopic (exact) mass is 289 g/mol. The van der Waals surface area contributed by atoms with Gasteiger partial charge in [0, 0.05) is 11.7 Å². The van der Waals surface area contributed by atoms with E-state index in [9.17, 15) is 4.79 Å². The van der Waals surface area contributed by atoms with Gasteiger partial charge in [-0.05, 0) is 63.5 Å². The van der Waals surface area contributed by atoms with Crippen LogP contribution in [0.25, 0.3) is 0 Å². The van der Waals surface area contributed by atoms with E-state index in [2.05, 4.69) is 22.5 Å². The van der Waals surface area contributed by atoms with E-state index >= 15 is 0 Å². The number of carbonyl (C=O) groups is 1. The highest BCUT2D eigenvalue weighted by Gasteiger charge is 2.18. The Morgan fingerprint density at radius 1 is 1.33 bits per heavy atom. The first-order valence-electron chi connectivity index (χ1n) is 7.99. The van der Waals surface area contributed by atoms with Crippen molar-refractivity contribution in [2.45, 2.75) is 39.2 Å². The fourth-order valence-corrected chi connectivity index (χ4v) is 2.84. The van der Waals surface area contributed by atoms with E-state index in [1.54, 1.807) is 0 Å². The van der Waals surface area contributed by atoms with Crippen LogP contribution in [0.5, 0.6) is 0 Å². The second kappa shape index (κ2) is 8.15. The fourth-order valence-electron chi connectivity index (χ4n) is 2.84. The second-order valence-electron chi connectivity index (χ2n) is 5.91. The number of amides is 1. The standard InChI is InChI=1S/C17H27N3O/c1-3-9-20-10-7-15(8-11-20)18-13-17(21)19-16-6-4-5-14(2)12-16/h4-6,12,15,18H,3,7-11,13H2,1-2H3,(H,19,21). The fraction of sp³-hybridized carbons (Fsp3) is 0.588. The number of carbonyl (C=O) groups excluding carboxylic acids is 1. The molecule has 1 heterocycles. The summed E-state index contributed by atoms with van der Waals surface area (Å²) in [5, 5.41) is 6.32. The zero-order valence-corrected chi connectivity index (χ0v) is 13.2. The molecular formula is C17H27N3O. The average molecular weight is 289 g/mol. The first-order chi connectivity index (χ1) is 10.2. The van der Waals surface area contributed by atoms with Gasteiger partial charge in [-0.1, -0.05) is 19.1 Å². The Bertz CT molecular complexity index is 453. The van der Waals surface area contributed by atoms with Crippen molar-refractivity contribution in [1.29, 1.82) is 0 Å². The highest BCUT2D eigenvalue weighted by atomic mass is 16.1. The highest BCUT2D eigenvalue weighted by Crippen LogP contribution is 2.11. The highest BCUT2D eigenvalue weighted by molar-refractivity contribution is 5.92. The topological polar surface area (TPSA) is 44.4 Å². The number of piperidine rings is 1. The summed E-state index contributed by atoms with van der Waals surface area (Å²) in [5.41, 5.74) is 2.03. The minimum Gasteiger partial charge on any atom is -0.325 e. The van der Waals surface area contributed by atoms with Crippen molar-refractivity contribution in [1.82, 2.24) is 10.2 Å². The smallest absolute Gasteiger partial charge is 0.238 e. The third-order valence-electron chi connectivity index (χ3n) is 3.98. The van der Waals surface area contributed by atoms with Gasteiger partial charge < -0.3 is 15.5 Å². The van der Waals surface area contributed by atoms with Crippen LogP contribution in [-0.4, -0.2) is 43.0 Å². The molecule has 0 aliphatic carbocycles. The molecular weight excluding hydrogens is 262 g/mol. The molecule has 4 nitrogen and oxygen atoms in total. The maximum absolute atomic E-state index is 11.9. The van der Waals surface area contributed by atoms with Gasteiger partial charge in [-0.2, -0.15) is 0 Å². The van der Waals surface area contributed by atoms with Crippen LogP contribution in [0.4, 0.5) is 5.69 Å². The van der Waals surface area contributed by atoms with Gasteiger partial charge in [0.2, 0.25) is 5.91 Å². The van der Waals surface area contributed by atoms with Gasteiger partial charge in [-0.15, -0.1) is 0 Å². The molecule has 1 aliphatic heterocycles. The predicted octanol–water partition coefficient (Wildman–Crippen LogP) is 2.40. The lowest BCUT2D eigenvalue weighted by molar-refractivity contribution is -0.115. The second-order valence-corrected chi connectivity index (χ2v) is 5.91. The van der Waals surface area contributed by atoms with E-state index in [0.717, 1.165) is 37.2 Å². The van der Waals surface area contributed by atoms with E-state index in [0.29, 0.717) is 12.6 Å². The molecule has 2 N–H and O–H groups in total. The zero-order chi connectivity index (χ0) is 15.1. The van der Waals surface area contributed by atoms with Crippen LogP contribution in [-0.2, 0) is 4.79 Å². The van der Waals surface area contributed by atoms with Gasteiger partial charge in [0.15, 0.2) is 0 Å². The third kappa shape index (κ3) is 5.48. The minimum absolute atomic E-state index is 0.0385. The number of benzene rings is 1. The molecule has 21 heavy (non-hydrogen) atoms. The normalized spacial score (nSPS) is 16.9. The van der Waals surface area contributed by atoms with Gasteiger partial charge in [0.05, 0.1) is 6.54 Å². The van der Waals surface area contributed by atoms with Crippen LogP contribution < -0.4 is 10.6 Å². The van der Waals surface area contributed by atoms with E-state index < -0.39 is 0 Å². The van der Waals surface area contributed by atoms with E-state index in [1.807, 2.05) is 31.2 Å². The summed E-state index contributed by atoms with van der Waals surface area (Å²) in [6.07, 6.45) is 3.49. The van der Waals surface area contributed by atoms with Crippen LogP contribution in [0.1, 0.15) is 31.7 Å². The number of hydrogen-bond acceptors (Lipinski definition) is 3. The Labute approximate surface area is 127 Å². The number of anilines is 1. The zero-order valence-electron chi connectivity index (χ0n) is 13.2. The summed E-state index contributed by atoms with van der Waals surface area (Å²) in [4.78, 5) is 14.5. The quantitative estimate of drug-likeness (QED) is 0.845. The van der Waals surface area contributed by atoms with Crippen LogP contribution in [0.15, 0.2) is 24.3 Å². The first kappa shape index (κ1) is 16.0. The molecule has 116 valence electrons. The molecule has 0 radical (unpaired) electrons. The predicted molar refractivity (Wildman–Crippen MR) is 87.6 cm³/mol. The van der Waals surface area contributed by atoms with Crippen LogP contribution in [0, 0.1) is 6.92 Å². The molecule has 1 aromatic rings. The number of rotatable bonds is 6. The van der Waals surface area contributed by atoms with Crippen molar-refractivity contribution in [3.8, 4) is 0 Å². The van der Waals surface area contributed by atoms with Gasteiger partial charge in [-0.25, -0.2) is 0 Å². The van der Waals surface area contributed by atoms with Crippen molar-refractivity contribution in [2.75, 3.05) is 31.5 Å². The van der Waals surface area contributed by atoms with Crippen molar-refractivity contribution in [2.24, 2.45) is 0 Å². The van der Waals surface area contributed by atoms with Crippen LogP contribution in [0.3, 0.4) is 0 Å². The molecule has 0 bridgehead atoms. The molecule has 0 unspecified atom stereocenters. The maximum Gasteiger partial charge on any atom is 0.238 e. The molecule has 2 rings (SSSR count). The minimum atomic E-state index is 0.0385. The molecule has 1 aliphatic rings. The van der Waals surface area contributed by atoms with Crippen LogP contribution in [0.2, 0.25) is 0 Å². The summed E-state index contributed by atoms with van der Waals surface area (Å²) < 4.78 is 0. The summed E-state index contributed by atoms with van der Waals surface area (Å²) in [6.45, 7) is 8.13. The van der Waals surface area contributed by atoms with E-state index in [-0.39, 0.29) is 5.91 Å². The summed E-state index contributed by atoms with van der Waals surface area (Å²) in [6, 6.07) is 8.37. The molecule has 0 spiro atoms. The van der Waals surface area contributed by atoms with E-state index in [1.165, 1.54) is 13.0 Å². The Morgan fingerprint density at radius 3 is 2.76 bits per heavy atom. The van der Waals surface area contributed by atoms with Gasteiger partial charge in [0.1, 0.15) is 0 Å². The lowest BCUT2D eigenvalue weighted by Crippen LogP contribution is -2.44. The number of hydrogen-bond donors (Lipinski definition) is 2. The van der Waals surface area contributed by atoms with E-state index in [4.69, 9.17) is 0 Å². The summed E-state index contributed by atoms with van der Waals surface area (Å²) in [7, 11) is 0. The maximum atomic E-state index is 11.9. The largest absolute Gasteiger partial charge is 0.325 e. The molecule has 1 saturated heterocycles. The summed E-state index contributed by atoms with van der Waals surface area (Å²) in [5.74, 6) is 0.0385. The SMILES string of the molecule is CCCN1CCC(NCC(=O)Nc2cccc(C)c2)CC1. The Hall–Kier alpha value is -1.39. The van der Waals surface area contributed by atoms with Crippen molar-refractivity contribution >= 4 is 11.6 Å². The van der Waals surface area contributed by atoms with Crippen LogP contribution >= 0.6 is 0 Å². The molecule has 4 heteroatoms.